The Morgan fingerprint density at radius 1 is 1.06 bits per heavy atom. The molecule has 8 heteroatoms. The fourth-order valence-electron chi connectivity index (χ4n) is 3.48. The predicted molar refractivity (Wildman–Crippen MR) is 127 cm³/mol. The molecule has 33 heavy (non-hydrogen) atoms. The zero-order valence-corrected chi connectivity index (χ0v) is 19.9. The van der Waals surface area contributed by atoms with Crippen LogP contribution in [-0.4, -0.2) is 57.9 Å². The van der Waals surface area contributed by atoms with E-state index < -0.39 is 29.7 Å². The van der Waals surface area contributed by atoms with Crippen LogP contribution in [0.15, 0.2) is 36.4 Å². The smallest absolute Gasteiger partial charge is 0.337 e. The van der Waals surface area contributed by atoms with E-state index in [9.17, 15) is 24.6 Å². The number of carboxylic acid groups (broad SMARTS) is 1. The summed E-state index contributed by atoms with van der Waals surface area (Å²) in [5.41, 5.74) is 0.467. The van der Waals surface area contributed by atoms with Gasteiger partial charge in [-0.05, 0) is 55.5 Å². The summed E-state index contributed by atoms with van der Waals surface area (Å²) < 4.78 is 5.22. The Morgan fingerprint density at radius 2 is 1.73 bits per heavy atom. The lowest BCUT2D eigenvalue weighted by atomic mass is 9.98. The summed E-state index contributed by atoms with van der Waals surface area (Å²) in [5, 5.41) is 24.2. The van der Waals surface area contributed by atoms with Crippen molar-refractivity contribution in [3.05, 3.63) is 42.0 Å². The predicted octanol–water partition coefficient (Wildman–Crippen LogP) is 4.05. The number of carbonyl (C=O) groups excluding carboxylic acids is 2. The van der Waals surface area contributed by atoms with Crippen molar-refractivity contribution in [2.24, 2.45) is 5.92 Å². The number of anilines is 1. The zero-order chi connectivity index (χ0) is 24.8. The third kappa shape index (κ3) is 8.05. The Hall–Kier alpha value is -3.13. The van der Waals surface area contributed by atoms with Gasteiger partial charge in [0, 0.05) is 18.7 Å². The molecule has 0 saturated heterocycles. The van der Waals surface area contributed by atoms with E-state index in [2.05, 4.69) is 5.32 Å². The van der Waals surface area contributed by atoms with Gasteiger partial charge in [-0.25, -0.2) is 9.59 Å². The van der Waals surface area contributed by atoms with Crippen molar-refractivity contribution in [3.63, 3.8) is 0 Å². The molecule has 0 fully saturated rings. The molecule has 0 radical (unpaired) electrons. The molecule has 0 spiro atoms. The van der Waals surface area contributed by atoms with E-state index in [0.29, 0.717) is 12.2 Å². The minimum atomic E-state index is -1.49. The average molecular weight is 459 g/mol. The Balaban J connectivity index is 2.28. The van der Waals surface area contributed by atoms with Gasteiger partial charge >= 0.3 is 18.0 Å². The Labute approximate surface area is 194 Å². The summed E-state index contributed by atoms with van der Waals surface area (Å²) in [7, 11) is 0. The van der Waals surface area contributed by atoms with Gasteiger partial charge in [-0.1, -0.05) is 44.2 Å². The second kappa shape index (κ2) is 11.1. The number of hydrogen-bond donors (Lipinski definition) is 3. The lowest BCUT2D eigenvalue weighted by molar-refractivity contribution is -0.165. The number of carboxylic acids is 1. The van der Waals surface area contributed by atoms with E-state index >= 15 is 0 Å². The van der Waals surface area contributed by atoms with Crippen LogP contribution < -0.4 is 5.32 Å². The molecule has 0 saturated carbocycles. The van der Waals surface area contributed by atoms with Crippen molar-refractivity contribution in [2.75, 3.05) is 18.4 Å². The third-order valence-corrected chi connectivity index (χ3v) is 4.82. The number of urea groups is 1. The fraction of sp³-hybridized carbons (Fsp3) is 0.480. The molecule has 3 N–H and O–H groups in total. The number of esters is 1. The number of ether oxygens (including phenoxy) is 1. The number of aliphatic hydroxyl groups excluding tert-OH is 1. The maximum Gasteiger partial charge on any atom is 0.337 e. The first-order valence-electron chi connectivity index (χ1n) is 11.1. The zero-order valence-electron chi connectivity index (χ0n) is 19.9. The molecule has 0 heterocycles. The van der Waals surface area contributed by atoms with Gasteiger partial charge in [0.1, 0.15) is 5.60 Å². The molecule has 1 unspecified atom stereocenters. The molecule has 0 aromatic heterocycles. The van der Waals surface area contributed by atoms with Crippen molar-refractivity contribution in [1.82, 2.24) is 4.90 Å². The highest BCUT2D eigenvalue weighted by Gasteiger charge is 2.28. The molecule has 0 bridgehead atoms. The standard InChI is InChI=1S/C25H34N2O6/c1-16(2)14-27(15-21(28)23(31)33-25(3,4)5)24(32)26-20-12-10-17-8-6-7-9-18(17)19(20)11-13-22(29)30/h6-10,12,16,21,28H,11,13-15H2,1-5H3,(H,26,32)(H,29,30). The number of rotatable bonds is 9. The van der Waals surface area contributed by atoms with E-state index in [4.69, 9.17) is 4.74 Å². The Kier molecular flexibility index (Phi) is 8.82. The molecule has 2 aromatic carbocycles. The molecule has 2 amide bonds. The van der Waals surface area contributed by atoms with E-state index in [1.54, 1.807) is 26.8 Å². The van der Waals surface area contributed by atoms with Crippen LogP contribution in [0.4, 0.5) is 10.5 Å². The summed E-state index contributed by atoms with van der Waals surface area (Å²) in [5.74, 6) is -1.64. The molecular weight excluding hydrogens is 424 g/mol. The maximum atomic E-state index is 13.2. The highest BCUT2D eigenvalue weighted by molar-refractivity contribution is 5.97. The van der Waals surface area contributed by atoms with Crippen LogP contribution in [0.5, 0.6) is 0 Å². The summed E-state index contributed by atoms with van der Waals surface area (Å²) in [6.45, 7) is 9.04. The number of benzene rings is 2. The van der Waals surface area contributed by atoms with E-state index in [0.717, 1.165) is 16.3 Å². The average Bonchev–Trinajstić information content (AvgIpc) is 2.70. The van der Waals surface area contributed by atoms with E-state index in [1.165, 1.54) is 4.90 Å². The highest BCUT2D eigenvalue weighted by atomic mass is 16.6. The van der Waals surface area contributed by atoms with Gasteiger partial charge in [0.25, 0.3) is 0 Å². The molecule has 0 aliphatic rings. The molecule has 2 aromatic rings. The van der Waals surface area contributed by atoms with Gasteiger partial charge in [0.05, 0.1) is 6.54 Å². The van der Waals surface area contributed by atoms with Crippen molar-refractivity contribution >= 4 is 34.4 Å². The molecule has 180 valence electrons. The molecule has 0 aliphatic heterocycles. The van der Waals surface area contributed by atoms with Crippen molar-refractivity contribution in [1.29, 1.82) is 0 Å². The number of nitrogens with zero attached hydrogens (tertiary/aromatic N) is 1. The number of hydrogen-bond acceptors (Lipinski definition) is 5. The monoisotopic (exact) mass is 458 g/mol. The number of fused-ring (bicyclic) bond motifs is 1. The second-order valence-corrected chi connectivity index (χ2v) is 9.48. The number of aliphatic carboxylic acids is 1. The fourth-order valence-corrected chi connectivity index (χ4v) is 3.48. The minimum Gasteiger partial charge on any atom is -0.481 e. The lowest BCUT2D eigenvalue weighted by Crippen LogP contribution is -2.46. The quantitative estimate of drug-likeness (QED) is 0.488. The highest BCUT2D eigenvalue weighted by Crippen LogP contribution is 2.28. The van der Waals surface area contributed by atoms with E-state index in [1.807, 2.05) is 44.2 Å². The SMILES string of the molecule is CC(C)CN(CC(O)C(=O)OC(C)(C)C)C(=O)Nc1ccc2ccccc2c1CCC(=O)O. The van der Waals surface area contributed by atoms with Crippen LogP contribution in [0.2, 0.25) is 0 Å². The van der Waals surface area contributed by atoms with Gasteiger partial charge in [-0.15, -0.1) is 0 Å². The van der Waals surface area contributed by atoms with Gasteiger partial charge in [-0.3, -0.25) is 4.79 Å². The van der Waals surface area contributed by atoms with Crippen LogP contribution in [0, 0.1) is 5.92 Å². The van der Waals surface area contributed by atoms with Crippen LogP contribution in [0.3, 0.4) is 0 Å². The largest absolute Gasteiger partial charge is 0.481 e. The van der Waals surface area contributed by atoms with Crippen LogP contribution in [0.25, 0.3) is 10.8 Å². The number of aryl methyl sites for hydroxylation is 1. The number of aliphatic hydroxyl groups is 1. The lowest BCUT2D eigenvalue weighted by Gasteiger charge is -2.28. The van der Waals surface area contributed by atoms with Crippen molar-refractivity contribution < 1.29 is 29.3 Å². The summed E-state index contributed by atoms with van der Waals surface area (Å²) >= 11 is 0. The first-order valence-corrected chi connectivity index (χ1v) is 11.1. The Morgan fingerprint density at radius 3 is 2.33 bits per heavy atom. The summed E-state index contributed by atoms with van der Waals surface area (Å²) in [6.07, 6.45) is -1.32. The number of amides is 2. The summed E-state index contributed by atoms with van der Waals surface area (Å²) in [6, 6.07) is 10.7. The van der Waals surface area contributed by atoms with Gasteiger partial charge in [0.2, 0.25) is 0 Å². The van der Waals surface area contributed by atoms with Crippen LogP contribution in [-0.2, 0) is 20.7 Å². The van der Waals surface area contributed by atoms with Crippen molar-refractivity contribution in [2.45, 2.75) is 59.2 Å². The van der Waals surface area contributed by atoms with Crippen LogP contribution >= 0.6 is 0 Å². The maximum absolute atomic E-state index is 13.2. The minimum absolute atomic E-state index is 0.0794. The summed E-state index contributed by atoms with van der Waals surface area (Å²) in [4.78, 5) is 37.9. The molecule has 8 nitrogen and oxygen atoms in total. The van der Waals surface area contributed by atoms with E-state index in [-0.39, 0.29) is 25.3 Å². The topological polar surface area (TPSA) is 116 Å². The van der Waals surface area contributed by atoms with Crippen molar-refractivity contribution in [3.8, 4) is 0 Å². The second-order valence-electron chi connectivity index (χ2n) is 9.48. The number of carbonyl (C=O) groups is 3. The molecular formula is C25H34N2O6. The van der Waals surface area contributed by atoms with Gasteiger partial charge in [0.15, 0.2) is 6.10 Å². The third-order valence-electron chi connectivity index (χ3n) is 4.82. The normalized spacial score (nSPS) is 12.5. The number of nitrogens with one attached hydrogen (secondary N) is 1. The molecule has 0 aliphatic carbocycles. The van der Waals surface area contributed by atoms with Crippen LogP contribution in [0.1, 0.15) is 46.6 Å². The molecule has 1 atom stereocenters. The van der Waals surface area contributed by atoms with Gasteiger partial charge in [-0.2, -0.15) is 0 Å². The first kappa shape index (κ1) is 26.1. The molecule has 2 rings (SSSR count). The Bertz CT molecular complexity index is 996. The first-order chi connectivity index (χ1) is 15.4. The van der Waals surface area contributed by atoms with Gasteiger partial charge < -0.3 is 25.2 Å².